The lowest BCUT2D eigenvalue weighted by atomic mass is 10.3. The lowest BCUT2D eigenvalue weighted by Crippen LogP contribution is -2.11. The minimum absolute atomic E-state index is 0.995. The first-order valence-electron chi connectivity index (χ1n) is 4.81. The molecule has 1 aliphatic rings. The lowest BCUT2D eigenvalue weighted by molar-refractivity contribution is 0.927. The summed E-state index contributed by atoms with van der Waals surface area (Å²) < 4.78 is 2.11. The molecule has 3 nitrogen and oxygen atoms in total. The van der Waals surface area contributed by atoms with Crippen LogP contribution in [0, 0.1) is 0 Å². The summed E-state index contributed by atoms with van der Waals surface area (Å²) in [6.07, 6.45) is 7.13. The first-order chi connectivity index (χ1) is 6.95. The average Bonchev–Trinajstić information content (AvgIpc) is 2.85. The Hall–Kier alpha value is -1.77. The van der Waals surface area contributed by atoms with Crippen LogP contribution < -0.4 is 5.01 Å². The molecule has 0 aliphatic carbocycles. The highest BCUT2D eigenvalue weighted by Crippen LogP contribution is 2.24. The molecule has 0 bridgehead atoms. The summed E-state index contributed by atoms with van der Waals surface area (Å²) in [5, 5.41) is 6.37. The van der Waals surface area contributed by atoms with Gasteiger partial charge in [-0.25, -0.2) is 0 Å². The molecule has 0 N–H and O–H groups in total. The van der Waals surface area contributed by atoms with Crippen LogP contribution in [0.4, 0.5) is 5.69 Å². The number of aromatic nitrogens is 1. The molecule has 0 amide bonds. The van der Waals surface area contributed by atoms with E-state index in [-0.39, 0.29) is 0 Å². The molecule has 0 unspecified atom stereocenters. The lowest BCUT2D eigenvalue weighted by Gasteiger charge is -2.11. The standard InChI is InChI=1S/C11H11N3/c1-2-7-13-9-5-11(10(13)4-1)14-8-3-6-12-14/h1-2,4-7,9H,3,8H2. The van der Waals surface area contributed by atoms with Gasteiger partial charge in [-0.15, -0.1) is 0 Å². The molecule has 0 fully saturated rings. The summed E-state index contributed by atoms with van der Waals surface area (Å²) in [6, 6.07) is 8.31. The van der Waals surface area contributed by atoms with E-state index in [1.165, 1.54) is 11.2 Å². The van der Waals surface area contributed by atoms with E-state index >= 15 is 0 Å². The van der Waals surface area contributed by atoms with Gasteiger partial charge in [-0.3, -0.25) is 5.01 Å². The van der Waals surface area contributed by atoms with Crippen molar-refractivity contribution in [2.24, 2.45) is 5.10 Å². The summed E-state index contributed by atoms with van der Waals surface area (Å²) in [7, 11) is 0. The predicted octanol–water partition coefficient (Wildman–Crippen LogP) is 2.14. The molecule has 1 aliphatic heterocycles. The quantitative estimate of drug-likeness (QED) is 0.666. The molecule has 0 atom stereocenters. The van der Waals surface area contributed by atoms with Crippen LogP contribution >= 0.6 is 0 Å². The van der Waals surface area contributed by atoms with Gasteiger partial charge in [0.25, 0.3) is 0 Å². The van der Waals surface area contributed by atoms with E-state index in [1.54, 1.807) is 0 Å². The Morgan fingerprint density at radius 1 is 1.14 bits per heavy atom. The molecule has 14 heavy (non-hydrogen) atoms. The van der Waals surface area contributed by atoms with E-state index in [1.807, 2.05) is 12.3 Å². The van der Waals surface area contributed by atoms with Gasteiger partial charge in [0.05, 0.1) is 11.2 Å². The van der Waals surface area contributed by atoms with Crippen molar-refractivity contribution in [2.75, 3.05) is 11.6 Å². The first kappa shape index (κ1) is 7.62. The minimum atomic E-state index is 0.995. The number of rotatable bonds is 1. The minimum Gasteiger partial charge on any atom is -0.322 e. The van der Waals surface area contributed by atoms with Crippen molar-refractivity contribution in [1.29, 1.82) is 0 Å². The van der Waals surface area contributed by atoms with Crippen LogP contribution in [0.3, 0.4) is 0 Å². The van der Waals surface area contributed by atoms with E-state index in [2.05, 4.69) is 45.1 Å². The fourth-order valence-electron chi connectivity index (χ4n) is 1.83. The summed E-state index contributed by atoms with van der Waals surface area (Å²) in [5.74, 6) is 0. The molecule has 0 spiro atoms. The van der Waals surface area contributed by atoms with Crippen LogP contribution in [0.15, 0.2) is 41.8 Å². The normalized spacial score (nSPS) is 15.6. The molecule has 0 saturated heterocycles. The third kappa shape index (κ3) is 1.02. The highest BCUT2D eigenvalue weighted by atomic mass is 15.5. The summed E-state index contributed by atoms with van der Waals surface area (Å²) in [5.41, 5.74) is 2.41. The van der Waals surface area contributed by atoms with E-state index < -0.39 is 0 Å². The van der Waals surface area contributed by atoms with Crippen molar-refractivity contribution >= 4 is 17.4 Å². The van der Waals surface area contributed by atoms with Crippen molar-refractivity contribution in [3.63, 3.8) is 0 Å². The van der Waals surface area contributed by atoms with Crippen molar-refractivity contribution in [1.82, 2.24) is 4.40 Å². The zero-order valence-electron chi connectivity index (χ0n) is 7.80. The van der Waals surface area contributed by atoms with Crippen molar-refractivity contribution < 1.29 is 0 Å². The van der Waals surface area contributed by atoms with Gasteiger partial charge >= 0.3 is 0 Å². The van der Waals surface area contributed by atoms with Crippen LogP contribution in [0.1, 0.15) is 6.42 Å². The maximum atomic E-state index is 4.32. The Bertz CT molecular complexity index is 484. The number of nitrogens with zero attached hydrogens (tertiary/aromatic N) is 3. The van der Waals surface area contributed by atoms with Crippen LogP contribution in [0.2, 0.25) is 0 Å². The van der Waals surface area contributed by atoms with E-state index in [9.17, 15) is 0 Å². The summed E-state index contributed by atoms with van der Waals surface area (Å²) in [4.78, 5) is 0. The van der Waals surface area contributed by atoms with Gasteiger partial charge < -0.3 is 4.40 Å². The van der Waals surface area contributed by atoms with Gasteiger partial charge in [0, 0.05) is 31.6 Å². The molecule has 3 heteroatoms. The number of fused-ring (bicyclic) bond motifs is 1. The fraction of sp³-hybridized carbons (Fsp3) is 0.182. The van der Waals surface area contributed by atoms with Gasteiger partial charge in [-0.1, -0.05) is 6.07 Å². The zero-order valence-corrected chi connectivity index (χ0v) is 7.80. The molecular formula is C11H11N3. The Labute approximate surface area is 82.3 Å². The monoisotopic (exact) mass is 185 g/mol. The summed E-state index contributed by atoms with van der Waals surface area (Å²) in [6.45, 7) is 0.995. The third-order valence-electron chi connectivity index (χ3n) is 2.51. The molecule has 0 radical (unpaired) electrons. The number of anilines is 1. The van der Waals surface area contributed by atoms with Crippen LogP contribution in [-0.4, -0.2) is 17.2 Å². The molecule has 2 aromatic heterocycles. The Kier molecular flexibility index (Phi) is 1.56. The second kappa shape index (κ2) is 2.87. The predicted molar refractivity (Wildman–Crippen MR) is 57.9 cm³/mol. The van der Waals surface area contributed by atoms with Gasteiger partial charge in [-0.05, 0) is 18.2 Å². The highest BCUT2D eigenvalue weighted by molar-refractivity contribution is 5.77. The van der Waals surface area contributed by atoms with E-state index in [0.717, 1.165) is 13.0 Å². The maximum Gasteiger partial charge on any atom is 0.0848 e. The molecule has 0 saturated carbocycles. The molecule has 70 valence electrons. The van der Waals surface area contributed by atoms with E-state index in [4.69, 9.17) is 0 Å². The molecule has 3 heterocycles. The van der Waals surface area contributed by atoms with Crippen LogP contribution in [0.25, 0.3) is 5.52 Å². The molecule has 3 rings (SSSR count). The van der Waals surface area contributed by atoms with Gasteiger partial charge in [0.15, 0.2) is 0 Å². The smallest absolute Gasteiger partial charge is 0.0848 e. The first-order valence-corrected chi connectivity index (χ1v) is 4.81. The number of hydrazone groups is 1. The van der Waals surface area contributed by atoms with Gasteiger partial charge in [0.2, 0.25) is 0 Å². The van der Waals surface area contributed by atoms with Crippen molar-refractivity contribution in [3.05, 3.63) is 36.7 Å². The second-order valence-electron chi connectivity index (χ2n) is 3.40. The largest absolute Gasteiger partial charge is 0.322 e. The van der Waals surface area contributed by atoms with Crippen molar-refractivity contribution in [3.8, 4) is 0 Å². The van der Waals surface area contributed by atoms with Gasteiger partial charge in [-0.2, -0.15) is 5.10 Å². The number of hydrogen-bond donors (Lipinski definition) is 0. The zero-order chi connectivity index (χ0) is 9.38. The fourth-order valence-corrected chi connectivity index (χ4v) is 1.83. The molecular weight excluding hydrogens is 174 g/mol. The topological polar surface area (TPSA) is 20.0 Å². The van der Waals surface area contributed by atoms with Crippen molar-refractivity contribution in [2.45, 2.75) is 6.42 Å². The Balaban J connectivity index is 2.16. The maximum absolute atomic E-state index is 4.32. The average molecular weight is 185 g/mol. The Morgan fingerprint density at radius 2 is 2.14 bits per heavy atom. The second-order valence-corrected chi connectivity index (χ2v) is 3.40. The van der Waals surface area contributed by atoms with Gasteiger partial charge in [0.1, 0.15) is 0 Å². The van der Waals surface area contributed by atoms with Crippen LogP contribution in [0.5, 0.6) is 0 Å². The van der Waals surface area contributed by atoms with E-state index in [0.29, 0.717) is 0 Å². The SMILES string of the molecule is C1=NN(c2ccn3ccccc23)CC1. The highest BCUT2D eigenvalue weighted by Gasteiger charge is 2.11. The summed E-state index contributed by atoms with van der Waals surface area (Å²) >= 11 is 0. The Morgan fingerprint density at radius 3 is 3.00 bits per heavy atom. The number of hydrogen-bond acceptors (Lipinski definition) is 2. The number of pyridine rings is 1. The molecule has 2 aromatic rings. The van der Waals surface area contributed by atoms with Crippen LogP contribution in [-0.2, 0) is 0 Å². The third-order valence-corrected chi connectivity index (χ3v) is 2.51. The molecule has 0 aromatic carbocycles.